The van der Waals surface area contributed by atoms with Gasteiger partial charge in [-0.25, -0.2) is 9.59 Å². The van der Waals surface area contributed by atoms with E-state index in [9.17, 15) is 19.5 Å². The van der Waals surface area contributed by atoms with Crippen molar-refractivity contribution >= 4 is 23.7 Å². The molecule has 0 unspecified atom stereocenters. The van der Waals surface area contributed by atoms with E-state index in [-0.39, 0.29) is 18.8 Å². The van der Waals surface area contributed by atoms with Crippen LogP contribution in [-0.2, 0) is 27.3 Å². The molecule has 0 bridgehead atoms. The first-order valence-electron chi connectivity index (χ1n) is 10.2. The summed E-state index contributed by atoms with van der Waals surface area (Å²) in [5, 5.41) is 14.7. The van der Waals surface area contributed by atoms with E-state index in [1.54, 1.807) is 24.3 Å². The van der Waals surface area contributed by atoms with Crippen LogP contribution in [0.25, 0.3) is 0 Å². The SMILES string of the molecule is COC(=O)[C@H](Cc1ccc(O)cc1)NC(=O)c1ccc(NC(=O)OCc2ccccc2)cc1. The van der Waals surface area contributed by atoms with Crippen LogP contribution in [0.2, 0.25) is 0 Å². The normalized spacial score (nSPS) is 11.2. The topological polar surface area (TPSA) is 114 Å². The van der Waals surface area contributed by atoms with Gasteiger partial charge in [0.1, 0.15) is 18.4 Å². The maximum absolute atomic E-state index is 12.6. The van der Waals surface area contributed by atoms with E-state index < -0.39 is 24.0 Å². The van der Waals surface area contributed by atoms with Crippen LogP contribution in [-0.4, -0.2) is 36.2 Å². The largest absolute Gasteiger partial charge is 0.508 e. The summed E-state index contributed by atoms with van der Waals surface area (Å²) in [6, 6.07) is 20.9. The number of phenols is 1. The molecule has 3 rings (SSSR count). The fraction of sp³-hybridized carbons (Fsp3) is 0.160. The number of ether oxygens (including phenoxy) is 2. The van der Waals surface area contributed by atoms with Crippen LogP contribution in [0.5, 0.6) is 5.75 Å². The van der Waals surface area contributed by atoms with Crippen molar-refractivity contribution in [2.75, 3.05) is 12.4 Å². The first-order valence-corrected chi connectivity index (χ1v) is 10.2. The van der Waals surface area contributed by atoms with E-state index in [1.165, 1.54) is 31.4 Å². The van der Waals surface area contributed by atoms with Crippen molar-refractivity contribution in [3.8, 4) is 5.75 Å². The third-order valence-corrected chi connectivity index (χ3v) is 4.77. The Kier molecular flexibility index (Phi) is 8.02. The molecule has 170 valence electrons. The highest BCUT2D eigenvalue weighted by Gasteiger charge is 2.22. The van der Waals surface area contributed by atoms with Gasteiger partial charge in [-0.3, -0.25) is 10.1 Å². The average Bonchev–Trinajstić information content (AvgIpc) is 2.84. The van der Waals surface area contributed by atoms with Crippen LogP contribution in [0.3, 0.4) is 0 Å². The van der Waals surface area contributed by atoms with Gasteiger partial charge >= 0.3 is 12.1 Å². The minimum Gasteiger partial charge on any atom is -0.508 e. The zero-order valence-electron chi connectivity index (χ0n) is 18.0. The molecular formula is C25H24N2O6. The molecule has 0 aliphatic heterocycles. The summed E-state index contributed by atoms with van der Waals surface area (Å²) >= 11 is 0. The standard InChI is InChI=1S/C25H24N2O6/c1-32-24(30)22(15-17-7-13-21(28)14-8-17)27-23(29)19-9-11-20(12-10-19)26-25(31)33-16-18-5-3-2-4-6-18/h2-14,22,28H,15-16H2,1H3,(H,26,31)(H,27,29)/t22-/m0/s1. The van der Waals surface area contributed by atoms with Crippen LogP contribution in [0.15, 0.2) is 78.9 Å². The van der Waals surface area contributed by atoms with E-state index >= 15 is 0 Å². The highest BCUT2D eigenvalue weighted by atomic mass is 16.5. The van der Waals surface area contributed by atoms with E-state index in [0.29, 0.717) is 11.3 Å². The smallest absolute Gasteiger partial charge is 0.411 e. The van der Waals surface area contributed by atoms with E-state index in [2.05, 4.69) is 10.6 Å². The Hall–Kier alpha value is -4.33. The van der Waals surface area contributed by atoms with Gasteiger partial charge in [0.15, 0.2) is 0 Å². The second-order valence-electron chi connectivity index (χ2n) is 7.18. The number of anilines is 1. The number of aromatic hydroxyl groups is 1. The Bertz CT molecular complexity index is 1080. The molecule has 0 radical (unpaired) electrons. The van der Waals surface area contributed by atoms with E-state index in [4.69, 9.17) is 9.47 Å². The maximum Gasteiger partial charge on any atom is 0.411 e. The summed E-state index contributed by atoms with van der Waals surface area (Å²) < 4.78 is 9.97. The van der Waals surface area contributed by atoms with Crippen molar-refractivity contribution < 1.29 is 29.0 Å². The average molecular weight is 448 g/mol. The lowest BCUT2D eigenvalue weighted by atomic mass is 10.0. The number of hydrogen-bond donors (Lipinski definition) is 3. The summed E-state index contributed by atoms with van der Waals surface area (Å²) in [7, 11) is 1.25. The molecule has 3 aromatic rings. The molecule has 0 heterocycles. The maximum atomic E-state index is 12.6. The van der Waals surface area contributed by atoms with Gasteiger partial charge in [-0.2, -0.15) is 0 Å². The van der Waals surface area contributed by atoms with Crippen molar-refractivity contribution in [1.29, 1.82) is 0 Å². The van der Waals surface area contributed by atoms with Gasteiger partial charge in [0, 0.05) is 17.7 Å². The lowest BCUT2D eigenvalue weighted by Crippen LogP contribution is -2.43. The minimum atomic E-state index is -0.905. The Balaban J connectivity index is 1.56. The minimum absolute atomic E-state index is 0.107. The zero-order chi connectivity index (χ0) is 23.6. The van der Waals surface area contributed by atoms with E-state index in [0.717, 1.165) is 11.1 Å². The molecule has 0 aliphatic rings. The van der Waals surface area contributed by atoms with Crippen molar-refractivity contribution in [2.24, 2.45) is 0 Å². The second kappa shape index (κ2) is 11.3. The number of nitrogens with one attached hydrogen (secondary N) is 2. The molecule has 8 nitrogen and oxygen atoms in total. The fourth-order valence-corrected chi connectivity index (χ4v) is 3.03. The molecule has 33 heavy (non-hydrogen) atoms. The highest BCUT2D eigenvalue weighted by molar-refractivity contribution is 5.97. The number of phenolic OH excluding ortho intramolecular Hbond substituents is 1. The number of amides is 2. The van der Waals surface area contributed by atoms with Gasteiger partial charge in [0.05, 0.1) is 7.11 Å². The summed E-state index contributed by atoms with van der Waals surface area (Å²) in [6.45, 7) is 0.142. The quantitative estimate of drug-likeness (QED) is 0.453. The zero-order valence-corrected chi connectivity index (χ0v) is 18.0. The number of esters is 1. The Labute approximate surface area is 191 Å². The highest BCUT2D eigenvalue weighted by Crippen LogP contribution is 2.14. The summed E-state index contributed by atoms with van der Waals surface area (Å²) in [5.74, 6) is -0.951. The Morgan fingerprint density at radius 1 is 0.879 bits per heavy atom. The van der Waals surface area contributed by atoms with Crippen molar-refractivity contribution in [3.05, 3.63) is 95.6 Å². The molecule has 3 aromatic carbocycles. The lowest BCUT2D eigenvalue weighted by molar-refractivity contribution is -0.142. The number of methoxy groups -OCH3 is 1. The van der Waals surface area contributed by atoms with Crippen LogP contribution >= 0.6 is 0 Å². The number of carbonyl (C=O) groups is 3. The number of hydrogen-bond acceptors (Lipinski definition) is 6. The monoisotopic (exact) mass is 448 g/mol. The lowest BCUT2D eigenvalue weighted by Gasteiger charge is -2.17. The van der Waals surface area contributed by atoms with Gasteiger partial charge in [0.25, 0.3) is 5.91 Å². The van der Waals surface area contributed by atoms with Crippen LogP contribution in [0.4, 0.5) is 10.5 Å². The number of benzene rings is 3. The van der Waals surface area contributed by atoms with Gasteiger partial charge in [-0.1, -0.05) is 42.5 Å². The van der Waals surface area contributed by atoms with Gasteiger partial charge in [-0.15, -0.1) is 0 Å². The van der Waals surface area contributed by atoms with Crippen LogP contribution < -0.4 is 10.6 Å². The summed E-state index contributed by atoms with van der Waals surface area (Å²) in [5.41, 5.74) is 2.38. The number of rotatable bonds is 8. The molecule has 0 aliphatic carbocycles. The fourth-order valence-electron chi connectivity index (χ4n) is 3.03. The van der Waals surface area contributed by atoms with Gasteiger partial charge in [-0.05, 0) is 47.5 Å². The van der Waals surface area contributed by atoms with Gasteiger partial charge < -0.3 is 19.9 Å². The molecule has 2 amide bonds. The number of carbonyl (C=O) groups excluding carboxylic acids is 3. The molecule has 8 heteroatoms. The van der Waals surface area contributed by atoms with Crippen molar-refractivity contribution in [1.82, 2.24) is 5.32 Å². The molecule has 0 spiro atoms. The molecular weight excluding hydrogens is 424 g/mol. The van der Waals surface area contributed by atoms with Crippen LogP contribution in [0.1, 0.15) is 21.5 Å². The molecule has 3 N–H and O–H groups in total. The summed E-state index contributed by atoms with van der Waals surface area (Å²) in [6.07, 6.45) is -0.415. The predicted octanol–water partition coefficient (Wildman–Crippen LogP) is 3.66. The molecule has 0 aromatic heterocycles. The predicted molar refractivity (Wildman–Crippen MR) is 122 cm³/mol. The summed E-state index contributed by atoms with van der Waals surface area (Å²) in [4.78, 5) is 36.8. The molecule has 0 fully saturated rings. The van der Waals surface area contributed by atoms with Crippen molar-refractivity contribution in [2.45, 2.75) is 19.1 Å². The second-order valence-corrected chi connectivity index (χ2v) is 7.18. The van der Waals surface area contributed by atoms with Gasteiger partial charge in [0.2, 0.25) is 0 Å². The molecule has 1 atom stereocenters. The van der Waals surface area contributed by atoms with Crippen molar-refractivity contribution in [3.63, 3.8) is 0 Å². The Morgan fingerprint density at radius 2 is 1.55 bits per heavy atom. The van der Waals surface area contributed by atoms with E-state index in [1.807, 2.05) is 30.3 Å². The Morgan fingerprint density at radius 3 is 2.18 bits per heavy atom. The third-order valence-electron chi connectivity index (χ3n) is 4.77. The van der Waals surface area contributed by atoms with Crippen LogP contribution in [0, 0.1) is 0 Å². The third kappa shape index (κ3) is 7.10. The first-order chi connectivity index (χ1) is 15.9. The molecule has 0 saturated carbocycles. The first kappa shape index (κ1) is 23.3. The molecule has 0 saturated heterocycles.